The molecule has 0 saturated carbocycles. The Labute approximate surface area is 106 Å². The van der Waals surface area contributed by atoms with Crippen molar-refractivity contribution in [3.63, 3.8) is 0 Å². The zero-order chi connectivity index (χ0) is 13.6. The number of hydrogen-bond donors (Lipinski definition) is 1. The molecule has 0 radical (unpaired) electrons. The minimum atomic E-state index is -3.57. The van der Waals surface area contributed by atoms with E-state index in [9.17, 15) is 13.2 Å². The fourth-order valence-electron chi connectivity index (χ4n) is 2.08. The Kier molecular flexibility index (Phi) is 2.98. The first-order valence-electron chi connectivity index (χ1n) is 5.61. The summed E-state index contributed by atoms with van der Waals surface area (Å²) in [4.78, 5) is 11.3. The Morgan fingerprint density at radius 1 is 1.50 bits per heavy atom. The normalized spacial score (nSPS) is 25.4. The van der Waals surface area contributed by atoms with Crippen molar-refractivity contribution in [1.82, 2.24) is 8.87 Å². The van der Waals surface area contributed by atoms with Gasteiger partial charge < -0.3 is 9.67 Å². The molecule has 1 atom stereocenters. The van der Waals surface area contributed by atoms with Crippen LogP contribution in [0.15, 0.2) is 23.4 Å². The summed E-state index contributed by atoms with van der Waals surface area (Å²) in [6.45, 7) is 1.86. The SMILES string of the molecule is Cn1ccc(S(=O)(=O)N2CCC(C)(C(=O)O)C2)c1. The molecule has 1 aromatic rings. The minimum absolute atomic E-state index is 0.0273. The fourth-order valence-corrected chi connectivity index (χ4v) is 3.69. The number of hydrogen-bond acceptors (Lipinski definition) is 3. The predicted octanol–water partition coefficient (Wildman–Crippen LogP) is 0.510. The van der Waals surface area contributed by atoms with Gasteiger partial charge in [0.25, 0.3) is 0 Å². The third kappa shape index (κ3) is 2.04. The lowest BCUT2D eigenvalue weighted by atomic mass is 9.90. The van der Waals surface area contributed by atoms with Crippen molar-refractivity contribution < 1.29 is 18.3 Å². The second-order valence-electron chi connectivity index (χ2n) is 4.97. The maximum Gasteiger partial charge on any atom is 0.310 e. The van der Waals surface area contributed by atoms with E-state index in [-0.39, 0.29) is 18.0 Å². The molecule has 100 valence electrons. The topological polar surface area (TPSA) is 79.6 Å². The van der Waals surface area contributed by atoms with Gasteiger partial charge in [-0.15, -0.1) is 0 Å². The van der Waals surface area contributed by atoms with Gasteiger partial charge in [0.15, 0.2) is 0 Å². The number of rotatable bonds is 3. The Balaban J connectivity index is 2.27. The van der Waals surface area contributed by atoms with Crippen LogP contribution in [0.4, 0.5) is 0 Å². The molecule has 1 saturated heterocycles. The van der Waals surface area contributed by atoms with Gasteiger partial charge in [-0.2, -0.15) is 4.31 Å². The van der Waals surface area contributed by atoms with E-state index in [0.29, 0.717) is 6.42 Å². The molecular formula is C11H16N2O4S. The highest BCUT2D eigenvalue weighted by Crippen LogP contribution is 2.33. The molecule has 1 fully saturated rings. The number of carboxylic acids is 1. The lowest BCUT2D eigenvalue weighted by Crippen LogP contribution is -2.34. The van der Waals surface area contributed by atoms with E-state index in [1.165, 1.54) is 16.6 Å². The van der Waals surface area contributed by atoms with Gasteiger partial charge >= 0.3 is 5.97 Å². The van der Waals surface area contributed by atoms with E-state index in [1.807, 2.05) is 0 Å². The second kappa shape index (κ2) is 4.10. The summed E-state index contributed by atoms with van der Waals surface area (Å²) in [5, 5.41) is 9.11. The maximum absolute atomic E-state index is 12.3. The van der Waals surface area contributed by atoms with E-state index in [0.717, 1.165) is 0 Å². The Hall–Kier alpha value is -1.34. The molecule has 0 amide bonds. The molecule has 0 spiro atoms. The van der Waals surface area contributed by atoms with E-state index in [1.54, 1.807) is 24.7 Å². The molecule has 7 heteroatoms. The van der Waals surface area contributed by atoms with Gasteiger partial charge in [0.1, 0.15) is 0 Å². The number of aromatic nitrogens is 1. The molecule has 0 bridgehead atoms. The van der Waals surface area contributed by atoms with Crippen molar-refractivity contribution >= 4 is 16.0 Å². The summed E-state index contributed by atoms with van der Waals surface area (Å²) in [5.74, 6) is -0.951. The Morgan fingerprint density at radius 3 is 2.61 bits per heavy atom. The Bertz CT molecular complexity index is 578. The van der Waals surface area contributed by atoms with E-state index in [2.05, 4.69) is 0 Å². The molecule has 2 rings (SSSR count). The summed E-state index contributed by atoms with van der Waals surface area (Å²) >= 11 is 0. The van der Waals surface area contributed by atoms with Gasteiger partial charge in [-0.25, -0.2) is 8.42 Å². The molecule has 0 aliphatic carbocycles. The zero-order valence-electron chi connectivity index (χ0n) is 10.3. The van der Waals surface area contributed by atoms with Gasteiger partial charge in [0.2, 0.25) is 10.0 Å². The minimum Gasteiger partial charge on any atom is -0.481 e. The molecular weight excluding hydrogens is 256 g/mol. The lowest BCUT2D eigenvalue weighted by molar-refractivity contribution is -0.146. The summed E-state index contributed by atoms with van der Waals surface area (Å²) in [6, 6.07) is 1.52. The first-order chi connectivity index (χ1) is 8.25. The van der Waals surface area contributed by atoms with Gasteiger partial charge in [-0.05, 0) is 19.4 Å². The van der Waals surface area contributed by atoms with E-state index in [4.69, 9.17) is 5.11 Å². The van der Waals surface area contributed by atoms with Crippen LogP contribution in [0.2, 0.25) is 0 Å². The van der Waals surface area contributed by atoms with E-state index < -0.39 is 21.4 Å². The third-order valence-corrected chi connectivity index (χ3v) is 5.23. The highest BCUT2D eigenvalue weighted by Gasteiger charge is 2.44. The number of sulfonamides is 1. The molecule has 18 heavy (non-hydrogen) atoms. The van der Waals surface area contributed by atoms with Gasteiger partial charge in [-0.1, -0.05) is 0 Å². The van der Waals surface area contributed by atoms with Crippen LogP contribution in [0, 0.1) is 5.41 Å². The molecule has 1 aliphatic rings. The molecule has 1 N–H and O–H groups in total. The quantitative estimate of drug-likeness (QED) is 0.869. The first-order valence-corrected chi connectivity index (χ1v) is 7.05. The van der Waals surface area contributed by atoms with Crippen molar-refractivity contribution in [3.05, 3.63) is 18.5 Å². The maximum atomic E-state index is 12.3. The highest BCUT2D eigenvalue weighted by atomic mass is 32.2. The molecule has 0 aromatic carbocycles. The summed E-state index contributed by atoms with van der Waals surface area (Å²) < 4.78 is 27.5. The number of nitrogens with zero attached hydrogens (tertiary/aromatic N) is 2. The van der Waals surface area contributed by atoms with Gasteiger partial charge in [-0.3, -0.25) is 4.79 Å². The number of carboxylic acid groups (broad SMARTS) is 1. The van der Waals surface area contributed by atoms with Crippen LogP contribution in [0.5, 0.6) is 0 Å². The van der Waals surface area contributed by atoms with Crippen LogP contribution < -0.4 is 0 Å². The van der Waals surface area contributed by atoms with Gasteiger partial charge in [0.05, 0.1) is 10.3 Å². The predicted molar refractivity (Wildman–Crippen MR) is 64.5 cm³/mol. The van der Waals surface area contributed by atoms with Crippen molar-refractivity contribution in [1.29, 1.82) is 0 Å². The summed E-state index contributed by atoms with van der Waals surface area (Å²) in [6.07, 6.45) is 3.51. The largest absolute Gasteiger partial charge is 0.481 e. The van der Waals surface area contributed by atoms with Crippen LogP contribution in [0.1, 0.15) is 13.3 Å². The van der Waals surface area contributed by atoms with Crippen molar-refractivity contribution in [2.45, 2.75) is 18.2 Å². The molecule has 6 nitrogen and oxygen atoms in total. The first kappa shape index (κ1) is 13.1. The molecule has 1 aliphatic heterocycles. The average molecular weight is 272 g/mol. The molecule has 2 heterocycles. The summed E-state index contributed by atoms with van der Waals surface area (Å²) in [7, 11) is -1.83. The van der Waals surface area contributed by atoms with Crippen LogP contribution in [0.25, 0.3) is 0 Å². The monoisotopic (exact) mass is 272 g/mol. The average Bonchev–Trinajstić information content (AvgIpc) is 2.86. The van der Waals surface area contributed by atoms with Crippen LogP contribution in [-0.2, 0) is 21.9 Å². The van der Waals surface area contributed by atoms with Crippen molar-refractivity contribution in [2.24, 2.45) is 12.5 Å². The number of aryl methyl sites for hydroxylation is 1. The molecule has 1 unspecified atom stereocenters. The lowest BCUT2D eigenvalue weighted by Gasteiger charge is -2.19. The number of carbonyl (C=O) groups is 1. The second-order valence-corrected chi connectivity index (χ2v) is 6.91. The van der Waals surface area contributed by atoms with Crippen LogP contribution >= 0.6 is 0 Å². The zero-order valence-corrected chi connectivity index (χ0v) is 11.1. The van der Waals surface area contributed by atoms with Crippen molar-refractivity contribution in [3.8, 4) is 0 Å². The summed E-state index contributed by atoms with van der Waals surface area (Å²) in [5.41, 5.74) is -0.984. The van der Waals surface area contributed by atoms with Crippen LogP contribution in [0.3, 0.4) is 0 Å². The third-order valence-electron chi connectivity index (χ3n) is 3.40. The van der Waals surface area contributed by atoms with E-state index >= 15 is 0 Å². The molecule has 1 aromatic heterocycles. The number of aliphatic carboxylic acids is 1. The fraction of sp³-hybridized carbons (Fsp3) is 0.545. The standard InChI is InChI=1S/C11H16N2O4S/c1-11(10(14)15)4-6-13(8-11)18(16,17)9-3-5-12(2)7-9/h3,5,7H,4,6,8H2,1-2H3,(H,14,15). The van der Waals surface area contributed by atoms with Crippen LogP contribution in [-0.4, -0.2) is 41.5 Å². The van der Waals surface area contributed by atoms with Crippen molar-refractivity contribution in [2.75, 3.05) is 13.1 Å². The van der Waals surface area contributed by atoms with Gasteiger partial charge in [0, 0.05) is 32.5 Å². The highest BCUT2D eigenvalue weighted by molar-refractivity contribution is 7.89. The smallest absolute Gasteiger partial charge is 0.310 e. The Morgan fingerprint density at radius 2 is 2.17 bits per heavy atom.